The summed E-state index contributed by atoms with van der Waals surface area (Å²) in [5, 5.41) is 9.01. The monoisotopic (exact) mass is 323 g/mol. The molecule has 1 fully saturated rings. The number of hydrogen-bond donors (Lipinski definition) is 1. The van der Waals surface area contributed by atoms with Crippen molar-refractivity contribution in [2.75, 3.05) is 13.2 Å². The Kier molecular flexibility index (Phi) is 3.49. The highest BCUT2D eigenvalue weighted by Gasteiger charge is 2.39. The smallest absolute Gasteiger partial charge is 0.408 e. The summed E-state index contributed by atoms with van der Waals surface area (Å²) in [7, 11) is 0. The first kappa shape index (κ1) is 14.8. The van der Waals surface area contributed by atoms with Crippen LogP contribution in [0.25, 0.3) is 11.1 Å². The zero-order valence-electron chi connectivity index (χ0n) is 13.0. The van der Waals surface area contributed by atoms with Gasteiger partial charge in [0.25, 0.3) is 0 Å². The number of carbonyl (C=O) groups is 2. The van der Waals surface area contributed by atoms with Crippen LogP contribution in [0.15, 0.2) is 48.5 Å². The highest BCUT2D eigenvalue weighted by atomic mass is 16.5. The van der Waals surface area contributed by atoms with E-state index in [2.05, 4.69) is 24.3 Å². The zero-order valence-corrected chi connectivity index (χ0v) is 13.0. The number of rotatable bonds is 3. The summed E-state index contributed by atoms with van der Waals surface area (Å²) in [6, 6.07) is 15.6. The molecule has 2 aromatic carbocycles. The van der Waals surface area contributed by atoms with E-state index in [1.807, 2.05) is 24.3 Å². The van der Waals surface area contributed by atoms with E-state index >= 15 is 0 Å². The molecule has 0 bridgehead atoms. The number of carboxylic acid groups (broad SMARTS) is 1. The lowest BCUT2D eigenvalue weighted by Crippen LogP contribution is -2.55. The normalized spacial score (nSPS) is 18.5. The summed E-state index contributed by atoms with van der Waals surface area (Å²) < 4.78 is 5.48. The molecule has 0 spiro atoms. The van der Waals surface area contributed by atoms with Crippen molar-refractivity contribution in [3.63, 3.8) is 0 Å². The molecule has 0 radical (unpaired) electrons. The molecule has 1 atom stereocenters. The number of nitrogens with zero attached hydrogens (tertiary/aromatic N) is 1. The first-order valence-electron chi connectivity index (χ1n) is 8.01. The quantitative estimate of drug-likeness (QED) is 0.882. The summed E-state index contributed by atoms with van der Waals surface area (Å²) in [5.41, 5.74) is 4.64. The summed E-state index contributed by atoms with van der Waals surface area (Å²) in [5.74, 6) is -0.454. The predicted molar refractivity (Wildman–Crippen MR) is 87.8 cm³/mol. The van der Waals surface area contributed by atoms with Crippen molar-refractivity contribution in [1.82, 2.24) is 4.90 Å². The lowest BCUT2D eigenvalue weighted by atomic mass is 9.98. The number of carbonyl (C=O) groups excluding carboxylic acids is 1. The molecule has 1 unspecified atom stereocenters. The van der Waals surface area contributed by atoms with E-state index in [0.717, 1.165) is 16.0 Å². The van der Waals surface area contributed by atoms with Gasteiger partial charge in [0.1, 0.15) is 12.6 Å². The van der Waals surface area contributed by atoms with Crippen LogP contribution in [-0.2, 0) is 9.53 Å². The Hall–Kier alpha value is -2.82. The second-order valence-electron chi connectivity index (χ2n) is 6.14. The van der Waals surface area contributed by atoms with Crippen molar-refractivity contribution >= 4 is 12.1 Å². The summed E-state index contributed by atoms with van der Waals surface area (Å²) in [6.07, 6.45) is -0.539. The highest BCUT2D eigenvalue weighted by molar-refractivity contribution is 5.83. The topological polar surface area (TPSA) is 66.8 Å². The lowest BCUT2D eigenvalue weighted by molar-refractivity contribution is -0.153. The van der Waals surface area contributed by atoms with Gasteiger partial charge in [0, 0.05) is 12.5 Å². The van der Waals surface area contributed by atoms with Crippen LogP contribution in [0.3, 0.4) is 0 Å². The van der Waals surface area contributed by atoms with Crippen LogP contribution in [-0.4, -0.2) is 41.3 Å². The predicted octanol–water partition coefficient (Wildman–Crippen LogP) is 3.09. The summed E-state index contributed by atoms with van der Waals surface area (Å²) in [6.45, 7) is 0.626. The first-order valence-corrected chi connectivity index (χ1v) is 8.01. The second-order valence-corrected chi connectivity index (χ2v) is 6.14. The van der Waals surface area contributed by atoms with Gasteiger partial charge in [-0.25, -0.2) is 9.59 Å². The van der Waals surface area contributed by atoms with Gasteiger partial charge in [-0.15, -0.1) is 0 Å². The van der Waals surface area contributed by atoms with Crippen molar-refractivity contribution in [2.24, 2.45) is 0 Å². The van der Waals surface area contributed by atoms with Gasteiger partial charge in [-0.3, -0.25) is 4.90 Å². The molecular formula is C19H17NO4. The molecule has 2 aromatic rings. The van der Waals surface area contributed by atoms with Gasteiger partial charge in [0.05, 0.1) is 0 Å². The minimum absolute atomic E-state index is 0.000274. The molecule has 1 saturated heterocycles. The fraction of sp³-hybridized carbons (Fsp3) is 0.263. The van der Waals surface area contributed by atoms with Crippen molar-refractivity contribution in [2.45, 2.75) is 18.4 Å². The molecule has 5 nitrogen and oxygen atoms in total. The van der Waals surface area contributed by atoms with Crippen LogP contribution in [0, 0.1) is 0 Å². The number of esters is 1. The Morgan fingerprint density at radius 3 is 2.12 bits per heavy atom. The number of hydrogen-bond acceptors (Lipinski definition) is 3. The maximum absolute atomic E-state index is 12.2. The summed E-state index contributed by atoms with van der Waals surface area (Å²) in [4.78, 5) is 24.3. The van der Waals surface area contributed by atoms with E-state index in [-0.39, 0.29) is 12.5 Å². The highest BCUT2D eigenvalue weighted by Crippen LogP contribution is 2.44. The molecule has 2 aliphatic rings. The molecule has 122 valence electrons. The minimum atomic E-state index is -1.07. The van der Waals surface area contributed by atoms with Crippen LogP contribution < -0.4 is 0 Å². The van der Waals surface area contributed by atoms with E-state index < -0.39 is 18.1 Å². The Bertz CT molecular complexity index is 771. The van der Waals surface area contributed by atoms with Gasteiger partial charge >= 0.3 is 12.1 Å². The Morgan fingerprint density at radius 2 is 1.62 bits per heavy atom. The number of ether oxygens (including phenoxy) is 1. The van der Waals surface area contributed by atoms with Gasteiger partial charge in [-0.2, -0.15) is 0 Å². The molecule has 1 heterocycles. The van der Waals surface area contributed by atoms with E-state index in [4.69, 9.17) is 9.84 Å². The van der Waals surface area contributed by atoms with Crippen molar-refractivity contribution in [3.05, 3.63) is 59.7 Å². The standard InChI is InChI=1S/C19H17NO4/c21-18(17-9-10-20(17)19(22)23)24-11-16-14-7-3-1-5-12(14)13-6-2-4-8-15(13)16/h1-8,16-17H,9-11H2,(H,22,23). The van der Waals surface area contributed by atoms with E-state index in [0.29, 0.717) is 13.0 Å². The molecule has 0 aromatic heterocycles. The zero-order chi connectivity index (χ0) is 16.7. The van der Waals surface area contributed by atoms with Gasteiger partial charge in [0.2, 0.25) is 0 Å². The number of amides is 1. The third-order valence-corrected chi connectivity index (χ3v) is 4.89. The van der Waals surface area contributed by atoms with Crippen molar-refractivity contribution < 1.29 is 19.4 Å². The van der Waals surface area contributed by atoms with E-state index in [1.165, 1.54) is 11.1 Å². The molecule has 1 aliphatic heterocycles. The fourth-order valence-corrected chi connectivity index (χ4v) is 3.56. The second kappa shape index (κ2) is 5.67. The lowest BCUT2D eigenvalue weighted by Gasteiger charge is -2.36. The Morgan fingerprint density at radius 1 is 1.04 bits per heavy atom. The van der Waals surface area contributed by atoms with E-state index in [9.17, 15) is 9.59 Å². The molecule has 1 amide bonds. The third kappa shape index (κ3) is 2.24. The van der Waals surface area contributed by atoms with Crippen molar-refractivity contribution in [3.8, 4) is 11.1 Å². The third-order valence-electron chi connectivity index (χ3n) is 4.89. The summed E-state index contributed by atoms with van der Waals surface area (Å²) >= 11 is 0. The molecule has 5 heteroatoms. The Balaban J connectivity index is 1.53. The number of likely N-dealkylation sites (tertiary alicyclic amines) is 1. The molecule has 1 N–H and O–H groups in total. The van der Waals surface area contributed by atoms with Crippen LogP contribution in [0.4, 0.5) is 4.79 Å². The van der Waals surface area contributed by atoms with E-state index in [1.54, 1.807) is 0 Å². The molecule has 1 aliphatic carbocycles. The SMILES string of the molecule is O=C(OCC1c2ccccc2-c2ccccc21)C1CCN1C(=O)O. The maximum Gasteiger partial charge on any atom is 0.408 e. The Labute approximate surface area is 139 Å². The van der Waals surface area contributed by atoms with Crippen LogP contribution >= 0.6 is 0 Å². The first-order chi connectivity index (χ1) is 11.7. The number of benzene rings is 2. The van der Waals surface area contributed by atoms with Crippen LogP contribution in [0.5, 0.6) is 0 Å². The van der Waals surface area contributed by atoms with Crippen molar-refractivity contribution in [1.29, 1.82) is 0 Å². The van der Waals surface area contributed by atoms with Gasteiger partial charge < -0.3 is 9.84 Å². The molecule has 24 heavy (non-hydrogen) atoms. The molecular weight excluding hydrogens is 306 g/mol. The number of fused-ring (bicyclic) bond motifs is 3. The average molecular weight is 323 g/mol. The van der Waals surface area contributed by atoms with Gasteiger partial charge in [-0.1, -0.05) is 48.5 Å². The maximum atomic E-state index is 12.2. The molecule has 0 saturated carbocycles. The van der Waals surface area contributed by atoms with Gasteiger partial charge in [-0.05, 0) is 28.7 Å². The van der Waals surface area contributed by atoms with Crippen LogP contribution in [0.1, 0.15) is 23.5 Å². The fourth-order valence-electron chi connectivity index (χ4n) is 3.56. The minimum Gasteiger partial charge on any atom is -0.465 e. The average Bonchev–Trinajstić information content (AvgIpc) is 2.85. The van der Waals surface area contributed by atoms with Crippen LogP contribution in [0.2, 0.25) is 0 Å². The largest absolute Gasteiger partial charge is 0.465 e. The van der Waals surface area contributed by atoms with Gasteiger partial charge in [0.15, 0.2) is 0 Å². The molecule has 4 rings (SSSR count).